The molecule has 1 aliphatic rings. The van der Waals surface area contributed by atoms with E-state index in [0.717, 1.165) is 18.7 Å². The molecule has 0 aliphatic carbocycles. The van der Waals surface area contributed by atoms with E-state index < -0.39 is 10.8 Å². The van der Waals surface area contributed by atoms with Gasteiger partial charge in [0.05, 0.1) is 12.0 Å². The van der Waals surface area contributed by atoms with E-state index in [0.29, 0.717) is 12.1 Å². The van der Waals surface area contributed by atoms with Crippen molar-refractivity contribution >= 4 is 10.8 Å². The first kappa shape index (κ1) is 13.7. The van der Waals surface area contributed by atoms with Crippen molar-refractivity contribution in [2.24, 2.45) is 0 Å². The summed E-state index contributed by atoms with van der Waals surface area (Å²) in [7, 11) is -0.693. The van der Waals surface area contributed by atoms with E-state index in [-0.39, 0.29) is 0 Å². The first-order valence-electron chi connectivity index (χ1n) is 6.73. The van der Waals surface area contributed by atoms with Crippen molar-refractivity contribution in [2.75, 3.05) is 12.0 Å². The van der Waals surface area contributed by atoms with Crippen molar-refractivity contribution in [3.05, 3.63) is 18.2 Å². The third kappa shape index (κ3) is 3.65. The molecule has 1 aliphatic heterocycles. The minimum atomic E-state index is -0.693. The molecule has 1 saturated heterocycles. The Morgan fingerprint density at radius 3 is 3.11 bits per heavy atom. The summed E-state index contributed by atoms with van der Waals surface area (Å²) in [6, 6.07) is 1.03. The summed E-state index contributed by atoms with van der Waals surface area (Å²) in [4.78, 5) is 4.27. The third-order valence-electron chi connectivity index (χ3n) is 3.55. The number of imidazole rings is 1. The van der Waals surface area contributed by atoms with Crippen LogP contribution in [0.15, 0.2) is 12.5 Å². The van der Waals surface area contributed by atoms with Crippen LogP contribution in [0.25, 0.3) is 0 Å². The van der Waals surface area contributed by atoms with Crippen LogP contribution in [0.4, 0.5) is 0 Å². The highest BCUT2D eigenvalue weighted by Crippen LogP contribution is 2.25. The third-order valence-corrected chi connectivity index (χ3v) is 4.41. The lowest BCUT2D eigenvalue weighted by Gasteiger charge is -2.29. The van der Waals surface area contributed by atoms with E-state index in [1.165, 1.54) is 25.0 Å². The molecule has 1 aromatic heterocycles. The zero-order chi connectivity index (χ0) is 13.0. The molecule has 4 nitrogen and oxygen atoms in total. The first-order chi connectivity index (χ1) is 8.66. The lowest BCUT2D eigenvalue weighted by molar-refractivity contribution is 0.329. The average Bonchev–Trinajstić information content (AvgIpc) is 2.77. The molecule has 1 aromatic rings. The van der Waals surface area contributed by atoms with Gasteiger partial charge in [-0.3, -0.25) is 4.21 Å². The summed E-state index contributed by atoms with van der Waals surface area (Å²) < 4.78 is 13.3. The van der Waals surface area contributed by atoms with Crippen LogP contribution >= 0.6 is 0 Å². The summed E-state index contributed by atoms with van der Waals surface area (Å²) in [6.45, 7) is 3.16. The molecule has 3 unspecified atom stereocenters. The van der Waals surface area contributed by atoms with E-state index in [1.807, 2.05) is 12.5 Å². The Balaban J connectivity index is 1.96. The van der Waals surface area contributed by atoms with E-state index >= 15 is 0 Å². The van der Waals surface area contributed by atoms with Crippen LogP contribution in [0, 0.1) is 0 Å². The van der Waals surface area contributed by atoms with Gasteiger partial charge in [-0.2, -0.15) is 0 Å². The zero-order valence-electron chi connectivity index (χ0n) is 11.3. The molecule has 0 spiro atoms. The summed E-state index contributed by atoms with van der Waals surface area (Å²) in [5.41, 5.74) is 1.28. The summed E-state index contributed by atoms with van der Waals surface area (Å²) >= 11 is 0. The predicted molar refractivity (Wildman–Crippen MR) is 75.0 cm³/mol. The number of hydrogen-bond donors (Lipinski definition) is 1. The van der Waals surface area contributed by atoms with Crippen molar-refractivity contribution in [3.8, 4) is 0 Å². The minimum Gasteiger partial charge on any atom is -0.333 e. The van der Waals surface area contributed by atoms with E-state index in [1.54, 1.807) is 6.26 Å². The van der Waals surface area contributed by atoms with Crippen molar-refractivity contribution < 1.29 is 4.21 Å². The number of rotatable bonds is 5. The predicted octanol–water partition coefficient (Wildman–Crippen LogP) is 1.85. The maximum atomic E-state index is 11.1. The Labute approximate surface area is 112 Å². The van der Waals surface area contributed by atoms with Crippen molar-refractivity contribution in [1.29, 1.82) is 0 Å². The Kier molecular flexibility index (Phi) is 4.95. The second kappa shape index (κ2) is 6.48. The van der Waals surface area contributed by atoms with Gasteiger partial charge in [-0.15, -0.1) is 0 Å². The van der Waals surface area contributed by atoms with Gasteiger partial charge in [0.2, 0.25) is 0 Å². The molecule has 1 N–H and O–H groups in total. The monoisotopic (exact) mass is 269 g/mol. The maximum Gasteiger partial charge on any atom is 0.0948 e. The molecule has 5 heteroatoms. The lowest BCUT2D eigenvalue weighted by Crippen LogP contribution is -2.35. The van der Waals surface area contributed by atoms with Crippen LogP contribution in [-0.4, -0.2) is 31.8 Å². The second-order valence-corrected chi connectivity index (χ2v) is 6.75. The normalized spacial score (nSPS) is 26.1. The molecule has 0 bridgehead atoms. The van der Waals surface area contributed by atoms with Crippen LogP contribution in [0.1, 0.15) is 44.3 Å². The summed E-state index contributed by atoms with van der Waals surface area (Å²) in [6.07, 6.45) is 10.3. The summed E-state index contributed by atoms with van der Waals surface area (Å²) in [5.74, 6) is 0.770. The van der Waals surface area contributed by atoms with Gasteiger partial charge in [-0.25, -0.2) is 4.98 Å². The lowest BCUT2D eigenvalue weighted by atomic mass is 9.97. The van der Waals surface area contributed by atoms with Crippen LogP contribution in [0.5, 0.6) is 0 Å². The standard InChI is InChI=1S/C13H23N3OS/c1-11-5-3-6-12(15-11)13-9-14-10-16(13)7-4-8-18(2)17/h9-12,15H,3-8H2,1-2H3. The Morgan fingerprint density at radius 2 is 2.39 bits per heavy atom. The Morgan fingerprint density at radius 1 is 1.56 bits per heavy atom. The second-order valence-electron chi connectivity index (χ2n) is 5.19. The highest BCUT2D eigenvalue weighted by Gasteiger charge is 2.21. The molecule has 3 atom stereocenters. The summed E-state index contributed by atoms with van der Waals surface area (Å²) in [5, 5.41) is 3.64. The quantitative estimate of drug-likeness (QED) is 0.887. The fraction of sp³-hybridized carbons (Fsp3) is 0.769. The number of piperidine rings is 1. The molecule has 0 saturated carbocycles. The number of aryl methyl sites for hydroxylation is 1. The van der Waals surface area contributed by atoms with Crippen LogP contribution in [0.2, 0.25) is 0 Å². The van der Waals surface area contributed by atoms with Gasteiger partial charge >= 0.3 is 0 Å². The number of nitrogens with zero attached hydrogens (tertiary/aromatic N) is 2. The van der Waals surface area contributed by atoms with Crippen molar-refractivity contribution in [1.82, 2.24) is 14.9 Å². The largest absolute Gasteiger partial charge is 0.333 e. The Bertz CT molecular complexity index is 405. The zero-order valence-corrected chi connectivity index (χ0v) is 12.1. The average molecular weight is 269 g/mol. The molecule has 0 radical (unpaired) electrons. The molecular weight excluding hydrogens is 246 g/mol. The van der Waals surface area contributed by atoms with Gasteiger partial charge in [0.15, 0.2) is 0 Å². The van der Waals surface area contributed by atoms with Crippen LogP contribution in [-0.2, 0) is 17.3 Å². The van der Waals surface area contributed by atoms with Gasteiger partial charge in [-0.1, -0.05) is 0 Å². The van der Waals surface area contributed by atoms with Gasteiger partial charge < -0.3 is 9.88 Å². The number of hydrogen-bond acceptors (Lipinski definition) is 3. The van der Waals surface area contributed by atoms with Crippen molar-refractivity contribution in [2.45, 2.75) is 51.2 Å². The van der Waals surface area contributed by atoms with Gasteiger partial charge in [0.25, 0.3) is 0 Å². The van der Waals surface area contributed by atoms with Gasteiger partial charge in [0.1, 0.15) is 0 Å². The highest BCUT2D eigenvalue weighted by molar-refractivity contribution is 7.84. The number of aromatic nitrogens is 2. The van der Waals surface area contributed by atoms with Crippen molar-refractivity contribution in [3.63, 3.8) is 0 Å². The molecule has 2 heterocycles. The fourth-order valence-electron chi connectivity index (χ4n) is 2.62. The molecule has 1 fully saturated rings. The van der Waals surface area contributed by atoms with Crippen LogP contribution in [0.3, 0.4) is 0 Å². The fourth-order valence-corrected chi connectivity index (χ4v) is 3.15. The first-order valence-corrected chi connectivity index (χ1v) is 8.45. The van der Waals surface area contributed by atoms with E-state index in [2.05, 4.69) is 21.8 Å². The topological polar surface area (TPSA) is 46.9 Å². The minimum absolute atomic E-state index is 0.434. The maximum absolute atomic E-state index is 11.1. The smallest absolute Gasteiger partial charge is 0.0948 e. The van der Waals surface area contributed by atoms with Gasteiger partial charge in [-0.05, 0) is 32.6 Å². The molecule has 102 valence electrons. The van der Waals surface area contributed by atoms with E-state index in [4.69, 9.17) is 0 Å². The molecule has 2 rings (SSSR count). The molecule has 18 heavy (non-hydrogen) atoms. The van der Waals surface area contributed by atoms with E-state index in [9.17, 15) is 4.21 Å². The SMILES string of the molecule is CC1CCCC(c2cncn2CCCS(C)=O)N1. The Hall–Kier alpha value is -0.680. The molecular formula is C13H23N3OS. The molecule has 0 aromatic carbocycles. The molecule has 0 amide bonds. The van der Waals surface area contributed by atoms with Gasteiger partial charge in [0, 0.05) is 47.6 Å². The number of nitrogens with one attached hydrogen (secondary N) is 1. The van der Waals surface area contributed by atoms with Crippen LogP contribution < -0.4 is 5.32 Å². The highest BCUT2D eigenvalue weighted by atomic mass is 32.2.